The van der Waals surface area contributed by atoms with Crippen LogP contribution in [0.1, 0.15) is 5.56 Å². The van der Waals surface area contributed by atoms with Crippen LogP contribution in [0.15, 0.2) is 59.6 Å². The highest BCUT2D eigenvalue weighted by molar-refractivity contribution is 14.0. The topological polar surface area (TPSA) is 65.5 Å². The van der Waals surface area contributed by atoms with Gasteiger partial charge in [-0.3, -0.25) is 9.79 Å². The number of nitrogens with one attached hydrogen (secondary N) is 3. The summed E-state index contributed by atoms with van der Waals surface area (Å²) in [6.07, 6.45) is 0.858. The van der Waals surface area contributed by atoms with Crippen molar-refractivity contribution in [3.63, 3.8) is 0 Å². The molecule has 7 heteroatoms. The summed E-state index contributed by atoms with van der Waals surface area (Å²) >= 11 is 0. The molecule has 0 saturated carbocycles. The summed E-state index contributed by atoms with van der Waals surface area (Å²) in [6, 6.07) is 15.9. The number of carbonyl (C=O) groups is 1. The number of guanidine groups is 1. The van der Waals surface area contributed by atoms with Gasteiger partial charge in [-0.2, -0.15) is 0 Å². The van der Waals surface area contributed by atoms with Crippen LogP contribution in [0.25, 0.3) is 0 Å². The molecule has 25 heavy (non-hydrogen) atoms. The minimum atomic E-state index is -0.390. The van der Waals surface area contributed by atoms with Gasteiger partial charge < -0.3 is 16.0 Å². The van der Waals surface area contributed by atoms with Gasteiger partial charge in [-0.05, 0) is 30.2 Å². The molecule has 1 amide bonds. The lowest BCUT2D eigenvalue weighted by Gasteiger charge is -2.12. The Hall–Kier alpha value is -2.16. The van der Waals surface area contributed by atoms with E-state index in [1.807, 2.05) is 18.2 Å². The Bertz CT molecular complexity index is 694. The Morgan fingerprint density at radius 3 is 2.52 bits per heavy atom. The zero-order valence-corrected chi connectivity index (χ0v) is 16.3. The number of amides is 1. The lowest BCUT2D eigenvalue weighted by Crippen LogP contribution is -2.42. The molecular weight excluding hydrogens is 434 g/mol. The summed E-state index contributed by atoms with van der Waals surface area (Å²) in [7, 11) is 1.64. The predicted molar refractivity (Wildman–Crippen MR) is 110 cm³/mol. The highest BCUT2D eigenvalue weighted by Crippen LogP contribution is 2.08. The van der Waals surface area contributed by atoms with Crippen molar-refractivity contribution in [3.8, 4) is 0 Å². The zero-order chi connectivity index (χ0) is 17.2. The number of benzene rings is 2. The molecular formula is C18H22FIN4O. The van der Waals surface area contributed by atoms with Crippen LogP contribution < -0.4 is 16.0 Å². The Morgan fingerprint density at radius 1 is 1.08 bits per heavy atom. The third kappa shape index (κ3) is 7.97. The standard InChI is InChI=1S/C18H21FN4O.HI/c1-20-18(21-11-10-14-6-3-2-4-7-14)22-13-17(24)23-16-9-5-8-15(19)12-16;/h2-9,12H,10-11,13H2,1H3,(H,23,24)(H2,20,21,22);1H. The number of nitrogens with zero attached hydrogens (tertiary/aromatic N) is 1. The fraction of sp³-hybridized carbons (Fsp3) is 0.222. The van der Waals surface area contributed by atoms with Crippen LogP contribution in [0.5, 0.6) is 0 Å². The van der Waals surface area contributed by atoms with Crippen molar-refractivity contribution in [2.75, 3.05) is 25.5 Å². The van der Waals surface area contributed by atoms with Crippen molar-refractivity contribution in [3.05, 3.63) is 66.0 Å². The van der Waals surface area contributed by atoms with E-state index in [0.717, 1.165) is 6.42 Å². The molecule has 0 radical (unpaired) electrons. The maximum atomic E-state index is 13.1. The third-order valence-electron chi connectivity index (χ3n) is 3.30. The van der Waals surface area contributed by atoms with Gasteiger partial charge in [0.25, 0.3) is 0 Å². The quantitative estimate of drug-likeness (QED) is 0.356. The van der Waals surface area contributed by atoms with Crippen molar-refractivity contribution >= 4 is 41.5 Å². The molecule has 0 aliphatic rings. The van der Waals surface area contributed by atoms with Crippen LogP contribution in [-0.2, 0) is 11.2 Å². The summed E-state index contributed by atoms with van der Waals surface area (Å²) in [5.41, 5.74) is 1.65. The second-order valence-corrected chi connectivity index (χ2v) is 5.15. The summed E-state index contributed by atoms with van der Waals surface area (Å²) in [5, 5.41) is 8.69. The molecule has 2 aromatic carbocycles. The molecule has 2 rings (SSSR count). The minimum Gasteiger partial charge on any atom is -0.356 e. The Balaban J connectivity index is 0.00000312. The molecule has 2 aromatic rings. The van der Waals surface area contributed by atoms with Crippen LogP contribution in [0.3, 0.4) is 0 Å². The van der Waals surface area contributed by atoms with Gasteiger partial charge in [0, 0.05) is 19.3 Å². The van der Waals surface area contributed by atoms with Gasteiger partial charge >= 0.3 is 0 Å². The van der Waals surface area contributed by atoms with Gasteiger partial charge in [0.05, 0.1) is 6.54 Å². The SMILES string of the molecule is CN=C(NCCc1ccccc1)NCC(=O)Nc1cccc(F)c1.I. The van der Waals surface area contributed by atoms with Crippen molar-refractivity contribution < 1.29 is 9.18 Å². The first-order valence-corrected chi connectivity index (χ1v) is 7.71. The monoisotopic (exact) mass is 456 g/mol. The molecule has 0 aliphatic carbocycles. The van der Waals surface area contributed by atoms with Crippen LogP contribution >= 0.6 is 24.0 Å². The van der Waals surface area contributed by atoms with Crippen molar-refractivity contribution in [2.45, 2.75) is 6.42 Å². The predicted octanol–water partition coefficient (Wildman–Crippen LogP) is 2.79. The maximum absolute atomic E-state index is 13.1. The van der Waals surface area contributed by atoms with Gasteiger partial charge in [-0.25, -0.2) is 4.39 Å². The molecule has 134 valence electrons. The van der Waals surface area contributed by atoms with Crippen LogP contribution in [0.4, 0.5) is 10.1 Å². The number of rotatable bonds is 6. The van der Waals surface area contributed by atoms with Gasteiger partial charge in [0.2, 0.25) is 5.91 Å². The fourth-order valence-electron chi connectivity index (χ4n) is 2.13. The largest absolute Gasteiger partial charge is 0.356 e. The molecule has 0 saturated heterocycles. The summed E-state index contributed by atoms with van der Waals surface area (Å²) in [4.78, 5) is 15.9. The summed E-state index contributed by atoms with van der Waals surface area (Å²) < 4.78 is 13.1. The van der Waals surface area contributed by atoms with E-state index in [-0.39, 0.29) is 42.2 Å². The first-order chi connectivity index (χ1) is 11.7. The minimum absolute atomic E-state index is 0. The highest BCUT2D eigenvalue weighted by atomic mass is 127. The average Bonchev–Trinajstić information content (AvgIpc) is 2.59. The van der Waals surface area contributed by atoms with E-state index in [9.17, 15) is 9.18 Å². The van der Waals surface area contributed by atoms with Gasteiger partial charge in [-0.15, -0.1) is 24.0 Å². The van der Waals surface area contributed by atoms with E-state index in [1.54, 1.807) is 19.2 Å². The molecule has 0 aliphatic heterocycles. The second-order valence-electron chi connectivity index (χ2n) is 5.15. The summed E-state index contributed by atoms with van der Waals surface area (Å²) in [5.74, 6) is -0.119. The smallest absolute Gasteiger partial charge is 0.243 e. The van der Waals surface area contributed by atoms with Crippen molar-refractivity contribution in [2.24, 2.45) is 4.99 Å². The molecule has 0 spiro atoms. The Labute approximate surface area is 164 Å². The number of halogens is 2. The molecule has 0 fully saturated rings. The number of carbonyl (C=O) groups excluding carboxylic acids is 1. The molecule has 0 atom stereocenters. The number of hydrogen-bond acceptors (Lipinski definition) is 2. The van der Waals surface area contributed by atoms with E-state index in [1.165, 1.54) is 17.7 Å². The lowest BCUT2D eigenvalue weighted by atomic mass is 10.1. The van der Waals surface area contributed by atoms with E-state index in [4.69, 9.17) is 0 Å². The first kappa shape index (κ1) is 20.9. The van der Waals surface area contributed by atoms with E-state index in [0.29, 0.717) is 18.2 Å². The first-order valence-electron chi connectivity index (χ1n) is 7.71. The molecule has 0 unspecified atom stereocenters. The number of aliphatic imine (C=N–C) groups is 1. The number of hydrogen-bond donors (Lipinski definition) is 3. The van der Waals surface area contributed by atoms with Crippen LogP contribution in [0, 0.1) is 5.82 Å². The van der Waals surface area contributed by atoms with Gasteiger partial charge in [0.15, 0.2) is 5.96 Å². The zero-order valence-electron chi connectivity index (χ0n) is 14.0. The van der Waals surface area contributed by atoms with Gasteiger partial charge in [0.1, 0.15) is 5.82 Å². The lowest BCUT2D eigenvalue weighted by molar-refractivity contribution is -0.115. The maximum Gasteiger partial charge on any atom is 0.243 e. The van der Waals surface area contributed by atoms with Gasteiger partial charge in [-0.1, -0.05) is 36.4 Å². The normalized spacial score (nSPS) is 10.6. The van der Waals surface area contributed by atoms with Crippen molar-refractivity contribution in [1.82, 2.24) is 10.6 Å². The molecule has 0 aromatic heterocycles. The number of anilines is 1. The fourth-order valence-corrected chi connectivity index (χ4v) is 2.13. The average molecular weight is 456 g/mol. The molecule has 0 bridgehead atoms. The summed E-state index contributed by atoms with van der Waals surface area (Å²) in [6.45, 7) is 0.747. The van der Waals surface area contributed by atoms with Crippen LogP contribution in [-0.4, -0.2) is 32.0 Å². The molecule has 3 N–H and O–H groups in total. The third-order valence-corrected chi connectivity index (χ3v) is 3.30. The van der Waals surface area contributed by atoms with E-state index in [2.05, 4.69) is 33.1 Å². The van der Waals surface area contributed by atoms with Crippen LogP contribution in [0.2, 0.25) is 0 Å². The molecule has 0 heterocycles. The molecule has 5 nitrogen and oxygen atoms in total. The Morgan fingerprint density at radius 2 is 1.84 bits per heavy atom. The van der Waals surface area contributed by atoms with E-state index >= 15 is 0 Å². The highest BCUT2D eigenvalue weighted by Gasteiger charge is 2.05. The second kappa shape index (κ2) is 11.4. The van der Waals surface area contributed by atoms with E-state index < -0.39 is 0 Å². The Kier molecular flexibility index (Phi) is 9.53. The van der Waals surface area contributed by atoms with Crippen molar-refractivity contribution in [1.29, 1.82) is 0 Å².